The standard InChI is InChI=1S/C16H22N4O3/c1-3-18-10-17-14-13(18)15(22)19(9-5-4-6-11(2)21)16(23)20(14)12-7-8-12/h10,12H,3-9H2,1-2H3. The molecule has 0 aliphatic heterocycles. The summed E-state index contributed by atoms with van der Waals surface area (Å²) in [6.45, 7) is 4.49. The van der Waals surface area contributed by atoms with Crippen molar-refractivity contribution in [3.63, 3.8) is 0 Å². The number of imidazole rings is 1. The minimum Gasteiger partial charge on any atom is -0.325 e. The molecule has 0 N–H and O–H groups in total. The van der Waals surface area contributed by atoms with E-state index in [0.29, 0.717) is 43.5 Å². The Kier molecular flexibility index (Phi) is 4.19. The van der Waals surface area contributed by atoms with Crippen molar-refractivity contribution in [2.45, 2.75) is 65.1 Å². The van der Waals surface area contributed by atoms with Crippen molar-refractivity contribution in [3.8, 4) is 0 Å². The summed E-state index contributed by atoms with van der Waals surface area (Å²) in [7, 11) is 0. The Labute approximate surface area is 133 Å². The van der Waals surface area contributed by atoms with E-state index in [1.54, 1.807) is 22.4 Å². The maximum Gasteiger partial charge on any atom is 0.332 e. The number of ketones is 1. The van der Waals surface area contributed by atoms with E-state index in [-0.39, 0.29) is 23.1 Å². The smallest absolute Gasteiger partial charge is 0.325 e. The molecule has 0 spiro atoms. The molecular weight excluding hydrogens is 296 g/mol. The molecule has 0 atom stereocenters. The van der Waals surface area contributed by atoms with Crippen molar-refractivity contribution in [3.05, 3.63) is 27.2 Å². The van der Waals surface area contributed by atoms with E-state index in [2.05, 4.69) is 4.98 Å². The minimum atomic E-state index is -0.274. The summed E-state index contributed by atoms with van der Waals surface area (Å²) in [6.07, 6.45) is 5.36. The molecule has 0 aromatic carbocycles. The van der Waals surface area contributed by atoms with Gasteiger partial charge in [0, 0.05) is 25.6 Å². The molecule has 0 amide bonds. The van der Waals surface area contributed by atoms with Crippen molar-refractivity contribution < 1.29 is 4.79 Å². The highest BCUT2D eigenvalue weighted by molar-refractivity contribution is 5.75. The molecule has 0 bridgehead atoms. The van der Waals surface area contributed by atoms with Gasteiger partial charge < -0.3 is 9.36 Å². The molecule has 1 aliphatic carbocycles. The highest BCUT2D eigenvalue weighted by Gasteiger charge is 2.29. The maximum absolute atomic E-state index is 12.7. The van der Waals surface area contributed by atoms with Crippen LogP contribution in [-0.2, 0) is 17.9 Å². The zero-order chi connectivity index (χ0) is 16.6. The highest BCUT2D eigenvalue weighted by atomic mass is 16.2. The van der Waals surface area contributed by atoms with Gasteiger partial charge in [-0.05, 0) is 39.5 Å². The molecule has 23 heavy (non-hydrogen) atoms. The lowest BCUT2D eigenvalue weighted by molar-refractivity contribution is -0.117. The Balaban J connectivity index is 2.04. The van der Waals surface area contributed by atoms with Crippen LogP contribution in [0.2, 0.25) is 0 Å². The minimum absolute atomic E-state index is 0.132. The number of carbonyl (C=O) groups excluding carboxylic acids is 1. The first-order valence-electron chi connectivity index (χ1n) is 8.24. The molecule has 1 aliphatic rings. The second-order valence-electron chi connectivity index (χ2n) is 6.20. The van der Waals surface area contributed by atoms with Gasteiger partial charge in [0.25, 0.3) is 5.56 Å². The number of fused-ring (bicyclic) bond motifs is 1. The predicted molar refractivity (Wildman–Crippen MR) is 86.7 cm³/mol. The van der Waals surface area contributed by atoms with E-state index in [1.807, 2.05) is 6.92 Å². The Bertz CT molecular complexity index is 855. The number of Topliss-reactive ketones (excluding diaryl/α,β-unsaturated/α-hetero) is 1. The third kappa shape index (κ3) is 2.87. The lowest BCUT2D eigenvalue weighted by atomic mass is 10.2. The molecule has 7 nitrogen and oxygen atoms in total. The van der Waals surface area contributed by atoms with Crippen LogP contribution >= 0.6 is 0 Å². The van der Waals surface area contributed by atoms with Crippen LogP contribution < -0.4 is 11.2 Å². The number of unbranched alkanes of at least 4 members (excludes halogenated alkanes) is 1. The normalized spacial score (nSPS) is 14.5. The van der Waals surface area contributed by atoms with Crippen LogP contribution in [0, 0.1) is 0 Å². The summed E-state index contributed by atoms with van der Waals surface area (Å²) >= 11 is 0. The fraction of sp³-hybridized carbons (Fsp3) is 0.625. The average molecular weight is 318 g/mol. The highest BCUT2D eigenvalue weighted by Crippen LogP contribution is 2.34. The summed E-state index contributed by atoms with van der Waals surface area (Å²) in [4.78, 5) is 40.8. The number of nitrogens with zero attached hydrogens (tertiary/aromatic N) is 4. The third-order valence-corrected chi connectivity index (χ3v) is 4.34. The number of aromatic nitrogens is 4. The van der Waals surface area contributed by atoms with Crippen molar-refractivity contribution >= 4 is 16.9 Å². The molecular formula is C16H22N4O3. The number of carbonyl (C=O) groups is 1. The SMILES string of the molecule is CCn1cnc2c1c(=O)n(CCCCC(C)=O)c(=O)n2C1CC1. The van der Waals surface area contributed by atoms with E-state index in [1.165, 1.54) is 4.57 Å². The Hall–Kier alpha value is -2.18. The van der Waals surface area contributed by atoms with Gasteiger partial charge in [0.1, 0.15) is 5.78 Å². The summed E-state index contributed by atoms with van der Waals surface area (Å²) in [5.74, 6) is 0.132. The number of hydrogen-bond acceptors (Lipinski definition) is 4. The molecule has 1 saturated carbocycles. The number of aryl methyl sites for hydroxylation is 1. The molecule has 0 saturated heterocycles. The lowest BCUT2D eigenvalue weighted by Crippen LogP contribution is -2.40. The van der Waals surface area contributed by atoms with E-state index in [0.717, 1.165) is 12.8 Å². The van der Waals surface area contributed by atoms with Gasteiger partial charge in [-0.25, -0.2) is 9.78 Å². The predicted octanol–water partition coefficient (Wildman–Crippen LogP) is 1.47. The van der Waals surface area contributed by atoms with Crippen molar-refractivity contribution in [2.75, 3.05) is 0 Å². The van der Waals surface area contributed by atoms with Crippen molar-refractivity contribution in [1.29, 1.82) is 0 Å². The van der Waals surface area contributed by atoms with E-state index in [9.17, 15) is 14.4 Å². The first kappa shape index (κ1) is 15.7. The van der Waals surface area contributed by atoms with Gasteiger partial charge >= 0.3 is 5.69 Å². The van der Waals surface area contributed by atoms with Crippen LogP contribution in [-0.4, -0.2) is 24.5 Å². The van der Waals surface area contributed by atoms with E-state index in [4.69, 9.17) is 0 Å². The first-order valence-corrected chi connectivity index (χ1v) is 8.24. The molecule has 0 radical (unpaired) electrons. The summed E-state index contributed by atoms with van der Waals surface area (Å²) in [5.41, 5.74) is 0.466. The van der Waals surface area contributed by atoms with E-state index >= 15 is 0 Å². The van der Waals surface area contributed by atoms with Crippen molar-refractivity contribution in [2.24, 2.45) is 0 Å². The lowest BCUT2D eigenvalue weighted by Gasteiger charge is -2.11. The van der Waals surface area contributed by atoms with Crippen LogP contribution in [0.4, 0.5) is 0 Å². The zero-order valence-electron chi connectivity index (χ0n) is 13.6. The maximum atomic E-state index is 12.7. The first-order chi connectivity index (χ1) is 11.0. The van der Waals surface area contributed by atoms with Gasteiger partial charge in [-0.3, -0.25) is 13.9 Å². The fourth-order valence-electron chi connectivity index (χ4n) is 2.94. The molecule has 2 aromatic heterocycles. The van der Waals surface area contributed by atoms with Gasteiger partial charge in [-0.15, -0.1) is 0 Å². The average Bonchev–Trinajstić information content (AvgIpc) is 3.24. The second-order valence-corrected chi connectivity index (χ2v) is 6.20. The van der Waals surface area contributed by atoms with Gasteiger partial charge in [0.15, 0.2) is 11.2 Å². The van der Waals surface area contributed by atoms with Gasteiger partial charge in [0.2, 0.25) is 0 Å². The summed E-state index contributed by atoms with van der Waals surface area (Å²) < 4.78 is 4.78. The fourth-order valence-corrected chi connectivity index (χ4v) is 2.94. The molecule has 7 heteroatoms. The van der Waals surface area contributed by atoms with Gasteiger partial charge in [-0.2, -0.15) is 0 Å². The Morgan fingerprint density at radius 1 is 1.30 bits per heavy atom. The topological polar surface area (TPSA) is 78.9 Å². The molecule has 2 heterocycles. The summed E-state index contributed by atoms with van der Waals surface area (Å²) in [5, 5.41) is 0. The number of hydrogen-bond donors (Lipinski definition) is 0. The molecule has 0 unspecified atom stereocenters. The second kappa shape index (κ2) is 6.14. The van der Waals surface area contributed by atoms with Crippen LogP contribution in [0.15, 0.2) is 15.9 Å². The van der Waals surface area contributed by atoms with Crippen LogP contribution in [0.3, 0.4) is 0 Å². The monoisotopic (exact) mass is 318 g/mol. The van der Waals surface area contributed by atoms with Crippen molar-refractivity contribution in [1.82, 2.24) is 18.7 Å². The van der Waals surface area contributed by atoms with Crippen LogP contribution in [0.1, 0.15) is 52.0 Å². The Morgan fingerprint density at radius 2 is 2.04 bits per heavy atom. The molecule has 1 fully saturated rings. The third-order valence-electron chi connectivity index (χ3n) is 4.34. The van der Waals surface area contributed by atoms with Gasteiger partial charge in [-0.1, -0.05) is 0 Å². The largest absolute Gasteiger partial charge is 0.332 e. The van der Waals surface area contributed by atoms with Gasteiger partial charge in [0.05, 0.1) is 6.33 Å². The van der Waals surface area contributed by atoms with Crippen LogP contribution in [0.5, 0.6) is 0 Å². The molecule has 3 rings (SSSR count). The molecule has 124 valence electrons. The molecule has 2 aromatic rings. The van der Waals surface area contributed by atoms with Crippen LogP contribution in [0.25, 0.3) is 11.2 Å². The van der Waals surface area contributed by atoms with E-state index < -0.39 is 0 Å². The number of rotatable bonds is 7. The Morgan fingerprint density at radius 3 is 2.65 bits per heavy atom. The quantitative estimate of drug-likeness (QED) is 0.724. The summed E-state index contributed by atoms with van der Waals surface area (Å²) in [6, 6.07) is 0.161. The zero-order valence-corrected chi connectivity index (χ0v) is 13.6.